The second-order valence-electron chi connectivity index (χ2n) is 27.6. The zero-order valence-electron chi connectivity index (χ0n) is 49.9. The zero-order valence-corrected chi connectivity index (χ0v) is 50.8. The summed E-state index contributed by atoms with van der Waals surface area (Å²) < 4.78 is 2.63. The second kappa shape index (κ2) is 18.2. The molecule has 0 N–H and O–H groups in total. The molecule has 1 aromatic heterocycles. The SMILES string of the molecule is Cc1cc2c(cc1N1B3c4cccc5c4N(c4ccccc4C5(c4ccccc4)c4ccccc4)c4cc(N(c5ccc(C(C)(C)C)cc5)c5ccc(C(C)(C)C)cc5)cc(c43)-c3c1ccc1c3sc3ccccc31)C(C)(C)CCC2(C)C. The first kappa shape index (κ1) is 51.7. The molecular formula is C78H72BN3S. The molecule has 11 aromatic rings. The Bertz CT molecular complexity index is 4330. The smallest absolute Gasteiger partial charge is 0.333 e. The topological polar surface area (TPSA) is 9.72 Å². The first-order chi connectivity index (χ1) is 39.8. The molecular weight excluding hydrogens is 1020 g/mol. The monoisotopic (exact) mass is 1090 g/mol. The molecule has 0 saturated carbocycles. The lowest BCUT2D eigenvalue weighted by Crippen LogP contribution is -2.63. The van der Waals surface area contributed by atoms with E-state index in [0.29, 0.717) is 0 Å². The number of rotatable bonds is 6. The highest BCUT2D eigenvalue weighted by atomic mass is 32.1. The summed E-state index contributed by atoms with van der Waals surface area (Å²) in [5, 5.41) is 2.61. The van der Waals surface area contributed by atoms with E-state index in [0.717, 1.165) is 23.5 Å². The molecule has 0 spiro atoms. The molecule has 0 fully saturated rings. The van der Waals surface area contributed by atoms with Crippen molar-refractivity contribution < 1.29 is 0 Å². The molecule has 4 heterocycles. The number of hydrogen-bond acceptors (Lipinski definition) is 4. The van der Waals surface area contributed by atoms with Gasteiger partial charge < -0.3 is 14.6 Å². The fourth-order valence-corrected chi connectivity index (χ4v) is 16.4. The largest absolute Gasteiger partial charge is 0.376 e. The molecule has 0 atom stereocenters. The quantitative estimate of drug-likeness (QED) is 0.154. The molecule has 0 radical (unpaired) electrons. The zero-order chi connectivity index (χ0) is 57.1. The molecule has 3 aliphatic heterocycles. The number of fused-ring (bicyclic) bond motifs is 11. The summed E-state index contributed by atoms with van der Waals surface area (Å²) in [7, 11) is 0. The van der Waals surface area contributed by atoms with Crippen LogP contribution >= 0.6 is 11.3 Å². The summed E-state index contributed by atoms with van der Waals surface area (Å²) in [6, 6.07) is 82.5. The number of aryl methyl sites for hydroxylation is 1. The predicted octanol–water partition coefficient (Wildman–Crippen LogP) is 20.2. The Hall–Kier alpha value is -8.12. The summed E-state index contributed by atoms with van der Waals surface area (Å²) in [5.41, 5.74) is 26.1. The van der Waals surface area contributed by atoms with Crippen molar-refractivity contribution in [1.29, 1.82) is 0 Å². The van der Waals surface area contributed by atoms with Crippen LogP contribution in [0, 0.1) is 6.92 Å². The van der Waals surface area contributed by atoms with Gasteiger partial charge in [0.1, 0.15) is 0 Å². The maximum Gasteiger partial charge on any atom is 0.333 e. The molecule has 83 heavy (non-hydrogen) atoms. The van der Waals surface area contributed by atoms with E-state index in [1.54, 1.807) is 0 Å². The van der Waals surface area contributed by atoms with Gasteiger partial charge in [0, 0.05) is 65.5 Å². The minimum absolute atomic E-state index is 0.00222. The van der Waals surface area contributed by atoms with E-state index in [9.17, 15) is 0 Å². The van der Waals surface area contributed by atoms with Crippen LogP contribution in [0.25, 0.3) is 31.3 Å². The molecule has 0 amide bonds. The average Bonchev–Trinajstić information content (AvgIpc) is 1.18. The highest BCUT2D eigenvalue weighted by Gasteiger charge is 2.54. The van der Waals surface area contributed by atoms with Crippen molar-refractivity contribution in [2.45, 2.75) is 116 Å². The van der Waals surface area contributed by atoms with Crippen molar-refractivity contribution in [2.75, 3.05) is 14.6 Å². The van der Waals surface area contributed by atoms with Gasteiger partial charge in [0.25, 0.3) is 0 Å². The van der Waals surface area contributed by atoms with Gasteiger partial charge in [-0.25, -0.2) is 0 Å². The number of thiophene rings is 1. The van der Waals surface area contributed by atoms with Crippen molar-refractivity contribution >= 4 is 94.8 Å². The molecule has 0 unspecified atom stereocenters. The lowest BCUT2D eigenvalue weighted by molar-refractivity contribution is 0.332. The lowest BCUT2D eigenvalue weighted by atomic mass is 9.42. The minimum atomic E-state index is -0.646. The van der Waals surface area contributed by atoms with Gasteiger partial charge in [-0.3, -0.25) is 0 Å². The van der Waals surface area contributed by atoms with Gasteiger partial charge in [0.05, 0.1) is 11.1 Å². The highest BCUT2D eigenvalue weighted by molar-refractivity contribution is 7.26. The summed E-state index contributed by atoms with van der Waals surface area (Å²) in [6.07, 6.45) is 2.31. The lowest BCUT2D eigenvalue weighted by Gasteiger charge is -2.52. The van der Waals surface area contributed by atoms with Crippen LogP contribution < -0.4 is 25.5 Å². The minimum Gasteiger partial charge on any atom is -0.376 e. The molecule has 0 bridgehead atoms. The van der Waals surface area contributed by atoms with Crippen LogP contribution in [0.3, 0.4) is 0 Å². The Labute approximate surface area is 496 Å². The van der Waals surface area contributed by atoms with Gasteiger partial charge in [-0.2, -0.15) is 0 Å². The van der Waals surface area contributed by atoms with Gasteiger partial charge in [-0.15, -0.1) is 11.3 Å². The fourth-order valence-electron chi connectivity index (χ4n) is 15.1. The molecule has 1 aliphatic carbocycles. The number of benzene rings is 10. The molecule has 15 rings (SSSR count). The van der Waals surface area contributed by atoms with Crippen molar-refractivity contribution in [3.8, 4) is 11.1 Å². The van der Waals surface area contributed by atoms with Crippen molar-refractivity contribution in [1.82, 2.24) is 0 Å². The molecule has 0 saturated heterocycles. The van der Waals surface area contributed by atoms with Crippen LogP contribution in [-0.4, -0.2) is 6.85 Å². The third-order valence-electron chi connectivity index (χ3n) is 19.6. The van der Waals surface area contributed by atoms with Crippen molar-refractivity contribution in [3.63, 3.8) is 0 Å². The first-order valence-corrected chi connectivity index (χ1v) is 30.9. The second-order valence-corrected chi connectivity index (χ2v) is 28.6. The summed E-state index contributed by atoms with van der Waals surface area (Å²) in [6.45, 7) is 25.9. The normalized spacial score (nSPS) is 16.0. The highest BCUT2D eigenvalue weighted by Crippen LogP contribution is 2.61. The van der Waals surface area contributed by atoms with Crippen LogP contribution in [0.15, 0.2) is 212 Å². The van der Waals surface area contributed by atoms with Crippen LogP contribution in [0.2, 0.25) is 0 Å². The summed E-state index contributed by atoms with van der Waals surface area (Å²) >= 11 is 1.95. The van der Waals surface area contributed by atoms with Crippen LogP contribution in [0.4, 0.5) is 45.5 Å². The molecule has 3 nitrogen and oxygen atoms in total. The van der Waals surface area contributed by atoms with E-state index in [2.05, 4.69) is 303 Å². The van der Waals surface area contributed by atoms with Crippen LogP contribution in [-0.2, 0) is 27.1 Å². The fraction of sp³-hybridized carbons (Fsp3) is 0.231. The molecule has 10 aromatic carbocycles. The standard InChI is InChI=1S/C78H72BN3S/c1-49-45-62-63(77(10,11)44-43-76(62,8)9)48-67(49)82-66-42-41-58-57-27-18-21-32-69(57)83-73(58)70(66)59-46-56(80(54-37-33-50(34-38-54)74(2,3)4)55-39-35-51(36-40-55)75(5,6)7)47-68-71(59)79(82)64-30-22-29-61-72(64)81(68)65-31-20-19-28-60(65)78(61,52-23-14-12-15-24-52)53-25-16-13-17-26-53/h12-42,45-48H,43-44H2,1-11H3. The van der Waals surface area contributed by atoms with Gasteiger partial charge >= 0.3 is 6.85 Å². The van der Waals surface area contributed by atoms with Crippen LogP contribution in [0.1, 0.15) is 132 Å². The molecule has 5 heteroatoms. The Morgan fingerprint density at radius 2 is 1.04 bits per heavy atom. The van der Waals surface area contributed by atoms with Crippen molar-refractivity contribution in [2.24, 2.45) is 0 Å². The van der Waals surface area contributed by atoms with Gasteiger partial charge in [0.15, 0.2) is 0 Å². The summed E-state index contributed by atoms with van der Waals surface area (Å²) in [4.78, 5) is 8.05. The van der Waals surface area contributed by atoms with Gasteiger partial charge in [-0.05, 0) is 169 Å². The van der Waals surface area contributed by atoms with E-state index >= 15 is 0 Å². The van der Waals surface area contributed by atoms with E-state index in [-0.39, 0.29) is 28.5 Å². The Kier molecular flexibility index (Phi) is 11.3. The average molecular weight is 1090 g/mol. The van der Waals surface area contributed by atoms with Gasteiger partial charge in [-0.1, -0.05) is 221 Å². The Morgan fingerprint density at radius 1 is 0.470 bits per heavy atom. The number of hydrogen-bond donors (Lipinski definition) is 0. The number of nitrogens with zero attached hydrogens (tertiary/aromatic N) is 3. The Morgan fingerprint density at radius 3 is 1.66 bits per heavy atom. The molecule has 408 valence electrons. The summed E-state index contributed by atoms with van der Waals surface area (Å²) in [5.74, 6) is 0. The molecule has 4 aliphatic rings. The van der Waals surface area contributed by atoms with E-state index in [1.807, 2.05) is 11.3 Å². The van der Waals surface area contributed by atoms with Gasteiger partial charge in [0.2, 0.25) is 0 Å². The maximum atomic E-state index is 2.81. The third-order valence-corrected chi connectivity index (χ3v) is 20.8. The van der Waals surface area contributed by atoms with E-state index in [1.165, 1.54) is 127 Å². The van der Waals surface area contributed by atoms with Crippen molar-refractivity contribution in [3.05, 3.63) is 262 Å². The van der Waals surface area contributed by atoms with E-state index < -0.39 is 5.41 Å². The number of anilines is 8. The van der Waals surface area contributed by atoms with E-state index in [4.69, 9.17) is 0 Å². The predicted molar refractivity (Wildman–Crippen MR) is 357 cm³/mol. The Balaban J connectivity index is 1.11. The first-order valence-electron chi connectivity index (χ1n) is 30.1. The third kappa shape index (κ3) is 7.62. The number of para-hydroxylation sites is 2. The van der Waals surface area contributed by atoms with Crippen LogP contribution in [0.5, 0.6) is 0 Å². The maximum absolute atomic E-state index is 2.81.